The third kappa shape index (κ3) is 2.85. The molecule has 0 aliphatic carbocycles. The summed E-state index contributed by atoms with van der Waals surface area (Å²) >= 11 is 5.75. The minimum absolute atomic E-state index is 0.228. The predicted octanol–water partition coefficient (Wildman–Crippen LogP) is 3.19. The van der Waals surface area contributed by atoms with Crippen molar-refractivity contribution in [3.05, 3.63) is 41.3 Å². The summed E-state index contributed by atoms with van der Waals surface area (Å²) in [5.74, 6) is 1.52. The number of benzene rings is 1. The lowest BCUT2D eigenvalue weighted by Crippen LogP contribution is -1.98. The van der Waals surface area contributed by atoms with Crippen LogP contribution in [0.5, 0.6) is 5.75 Å². The van der Waals surface area contributed by atoms with Crippen molar-refractivity contribution in [2.24, 2.45) is 0 Å². The summed E-state index contributed by atoms with van der Waals surface area (Å²) in [6.45, 7) is 1.92. The van der Waals surface area contributed by atoms with Crippen molar-refractivity contribution in [1.82, 2.24) is 9.97 Å². The number of nitrogens with one attached hydrogen (secondary N) is 1. The number of hydrogen-bond donors (Lipinski definition) is 1. The molecule has 0 unspecified atom stereocenters. The van der Waals surface area contributed by atoms with Crippen LogP contribution in [0, 0.1) is 6.92 Å². The molecule has 0 aliphatic heterocycles. The Morgan fingerprint density at radius 3 is 2.59 bits per heavy atom. The Bertz CT molecular complexity index is 514. The van der Waals surface area contributed by atoms with Crippen LogP contribution < -0.4 is 10.1 Å². The smallest absolute Gasteiger partial charge is 0.224 e. The first-order valence-corrected chi connectivity index (χ1v) is 5.47. The van der Waals surface area contributed by atoms with Crippen LogP contribution in [-0.2, 0) is 0 Å². The van der Waals surface area contributed by atoms with Crippen molar-refractivity contribution >= 4 is 23.1 Å². The molecule has 1 aromatic heterocycles. The monoisotopic (exact) mass is 249 g/mol. The molecule has 0 fully saturated rings. The van der Waals surface area contributed by atoms with Crippen LogP contribution in [0.4, 0.5) is 11.5 Å². The van der Waals surface area contributed by atoms with Gasteiger partial charge in [0.05, 0.1) is 7.11 Å². The lowest BCUT2D eigenvalue weighted by molar-refractivity contribution is 0.415. The van der Waals surface area contributed by atoms with Gasteiger partial charge in [-0.05, 0) is 42.8 Å². The van der Waals surface area contributed by atoms with E-state index in [-0.39, 0.29) is 5.28 Å². The fourth-order valence-corrected chi connectivity index (χ4v) is 1.49. The number of aryl methyl sites for hydroxylation is 1. The van der Waals surface area contributed by atoms with Crippen LogP contribution in [0.15, 0.2) is 30.5 Å². The first kappa shape index (κ1) is 11.7. The van der Waals surface area contributed by atoms with Crippen molar-refractivity contribution < 1.29 is 4.74 Å². The number of hydrogen-bond acceptors (Lipinski definition) is 4. The average Bonchev–Trinajstić information content (AvgIpc) is 2.35. The topological polar surface area (TPSA) is 47.0 Å². The minimum atomic E-state index is 0.228. The summed E-state index contributed by atoms with van der Waals surface area (Å²) in [6.07, 6.45) is 1.68. The molecule has 1 N–H and O–H groups in total. The van der Waals surface area contributed by atoms with Gasteiger partial charge in [0, 0.05) is 17.4 Å². The third-order valence-corrected chi connectivity index (χ3v) is 2.48. The highest BCUT2D eigenvalue weighted by atomic mass is 35.5. The molecule has 88 valence electrons. The summed E-state index contributed by atoms with van der Waals surface area (Å²) in [4.78, 5) is 8.03. The zero-order chi connectivity index (χ0) is 12.3. The van der Waals surface area contributed by atoms with E-state index in [2.05, 4.69) is 15.3 Å². The quantitative estimate of drug-likeness (QED) is 0.849. The molecule has 0 spiro atoms. The standard InChI is InChI=1S/C12H12ClN3O/c1-8-7-14-12(13)16-11(8)15-9-3-5-10(17-2)6-4-9/h3-7H,1-2H3,(H,14,15,16). The van der Waals surface area contributed by atoms with Gasteiger partial charge < -0.3 is 10.1 Å². The zero-order valence-corrected chi connectivity index (χ0v) is 10.3. The van der Waals surface area contributed by atoms with Gasteiger partial charge in [-0.3, -0.25) is 0 Å². The van der Waals surface area contributed by atoms with Crippen LogP contribution in [0.25, 0.3) is 0 Å². The molecule has 2 aromatic rings. The van der Waals surface area contributed by atoms with Crippen LogP contribution in [0.3, 0.4) is 0 Å². The number of rotatable bonds is 3. The largest absolute Gasteiger partial charge is 0.497 e. The molecule has 0 amide bonds. The number of methoxy groups -OCH3 is 1. The summed E-state index contributed by atoms with van der Waals surface area (Å²) in [5, 5.41) is 3.40. The summed E-state index contributed by atoms with van der Waals surface area (Å²) in [6, 6.07) is 7.57. The van der Waals surface area contributed by atoms with Gasteiger partial charge in [0.15, 0.2) is 0 Å². The molecule has 0 aliphatic rings. The fraction of sp³-hybridized carbons (Fsp3) is 0.167. The van der Waals surface area contributed by atoms with E-state index < -0.39 is 0 Å². The van der Waals surface area contributed by atoms with Crippen LogP contribution in [0.1, 0.15) is 5.56 Å². The van der Waals surface area contributed by atoms with E-state index >= 15 is 0 Å². The lowest BCUT2D eigenvalue weighted by atomic mass is 10.3. The van der Waals surface area contributed by atoms with E-state index in [1.165, 1.54) is 0 Å². The van der Waals surface area contributed by atoms with Gasteiger partial charge in [-0.1, -0.05) is 0 Å². The molecule has 2 rings (SSSR count). The number of ether oxygens (including phenoxy) is 1. The highest BCUT2D eigenvalue weighted by molar-refractivity contribution is 6.28. The Kier molecular flexibility index (Phi) is 3.44. The van der Waals surface area contributed by atoms with E-state index in [1.54, 1.807) is 13.3 Å². The average molecular weight is 250 g/mol. The highest BCUT2D eigenvalue weighted by Gasteiger charge is 2.02. The third-order valence-electron chi connectivity index (χ3n) is 2.30. The molecule has 4 nitrogen and oxygen atoms in total. The van der Waals surface area contributed by atoms with Gasteiger partial charge in [-0.25, -0.2) is 9.97 Å². The molecular formula is C12H12ClN3O. The van der Waals surface area contributed by atoms with Crippen LogP contribution in [0.2, 0.25) is 5.28 Å². The van der Waals surface area contributed by atoms with Gasteiger partial charge in [0.25, 0.3) is 0 Å². The lowest BCUT2D eigenvalue weighted by Gasteiger charge is -2.08. The number of halogens is 1. The summed E-state index contributed by atoms with van der Waals surface area (Å²) in [7, 11) is 1.64. The van der Waals surface area contributed by atoms with Crippen molar-refractivity contribution in [2.45, 2.75) is 6.92 Å². The first-order valence-electron chi connectivity index (χ1n) is 5.09. The second-order valence-corrected chi connectivity index (χ2v) is 3.86. The number of anilines is 2. The van der Waals surface area contributed by atoms with E-state index in [1.807, 2.05) is 31.2 Å². The van der Waals surface area contributed by atoms with E-state index in [9.17, 15) is 0 Å². The Morgan fingerprint density at radius 2 is 1.94 bits per heavy atom. The van der Waals surface area contributed by atoms with E-state index in [0.717, 1.165) is 17.0 Å². The minimum Gasteiger partial charge on any atom is -0.497 e. The molecule has 0 saturated heterocycles. The van der Waals surface area contributed by atoms with Crippen LogP contribution >= 0.6 is 11.6 Å². The Hall–Kier alpha value is -1.81. The Labute approximate surface area is 105 Å². The zero-order valence-electron chi connectivity index (χ0n) is 9.57. The van der Waals surface area contributed by atoms with Gasteiger partial charge in [0.1, 0.15) is 11.6 Å². The Morgan fingerprint density at radius 1 is 1.24 bits per heavy atom. The number of nitrogens with zero attached hydrogens (tertiary/aromatic N) is 2. The molecular weight excluding hydrogens is 238 g/mol. The summed E-state index contributed by atoms with van der Waals surface area (Å²) < 4.78 is 5.09. The maximum atomic E-state index is 5.75. The van der Waals surface area contributed by atoms with Gasteiger partial charge in [-0.15, -0.1) is 0 Å². The summed E-state index contributed by atoms with van der Waals surface area (Å²) in [5.41, 5.74) is 1.86. The molecule has 0 bridgehead atoms. The second kappa shape index (κ2) is 5.01. The second-order valence-electron chi connectivity index (χ2n) is 3.52. The molecule has 0 atom stereocenters. The van der Waals surface area contributed by atoms with E-state index in [4.69, 9.17) is 16.3 Å². The molecule has 17 heavy (non-hydrogen) atoms. The SMILES string of the molecule is COc1ccc(Nc2nc(Cl)ncc2C)cc1. The highest BCUT2D eigenvalue weighted by Crippen LogP contribution is 2.21. The maximum Gasteiger partial charge on any atom is 0.224 e. The molecule has 1 aromatic carbocycles. The fourth-order valence-electron chi connectivity index (χ4n) is 1.36. The van der Waals surface area contributed by atoms with Gasteiger partial charge in [-0.2, -0.15) is 0 Å². The normalized spacial score (nSPS) is 10.1. The first-order chi connectivity index (χ1) is 8.19. The van der Waals surface area contributed by atoms with Crippen molar-refractivity contribution in [3.63, 3.8) is 0 Å². The van der Waals surface area contributed by atoms with Crippen LogP contribution in [-0.4, -0.2) is 17.1 Å². The van der Waals surface area contributed by atoms with Crippen molar-refractivity contribution in [1.29, 1.82) is 0 Å². The number of aromatic nitrogens is 2. The van der Waals surface area contributed by atoms with Gasteiger partial charge in [0.2, 0.25) is 5.28 Å². The predicted molar refractivity (Wildman–Crippen MR) is 68.1 cm³/mol. The van der Waals surface area contributed by atoms with Crippen molar-refractivity contribution in [2.75, 3.05) is 12.4 Å². The van der Waals surface area contributed by atoms with E-state index in [0.29, 0.717) is 5.82 Å². The molecule has 5 heteroatoms. The molecule has 0 saturated carbocycles. The maximum absolute atomic E-state index is 5.75. The molecule has 0 radical (unpaired) electrons. The molecule has 1 heterocycles. The Balaban J connectivity index is 2.22. The van der Waals surface area contributed by atoms with Gasteiger partial charge >= 0.3 is 0 Å². The van der Waals surface area contributed by atoms with Crippen molar-refractivity contribution in [3.8, 4) is 5.75 Å².